The van der Waals surface area contributed by atoms with Gasteiger partial charge in [0, 0.05) is 5.39 Å². The van der Waals surface area contributed by atoms with Crippen molar-refractivity contribution in [2.24, 2.45) is 0 Å². The summed E-state index contributed by atoms with van der Waals surface area (Å²) < 4.78 is 11.7. The summed E-state index contributed by atoms with van der Waals surface area (Å²) in [4.78, 5) is 12.4. The molecule has 0 radical (unpaired) electrons. The Morgan fingerprint density at radius 2 is 2.05 bits per heavy atom. The van der Waals surface area contributed by atoms with Gasteiger partial charge in [0.1, 0.15) is 11.3 Å². The molecule has 0 atom stereocenters. The van der Waals surface area contributed by atoms with Crippen molar-refractivity contribution >= 4 is 39.3 Å². The number of fused-ring (bicyclic) bond motifs is 1. The molecular weight excluding hydrogens is 367 g/mol. The van der Waals surface area contributed by atoms with E-state index in [4.69, 9.17) is 9.47 Å². The molecule has 0 aromatic heterocycles. The molecule has 0 unspecified atom stereocenters. The van der Waals surface area contributed by atoms with Crippen molar-refractivity contribution < 1.29 is 14.3 Å². The quantitative estimate of drug-likeness (QED) is 0.435. The Hall–Kier alpha value is -1.30. The Labute approximate surface area is 132 Å². The fourth-order valence-corrected chi connectivity index (χ4v) is 2.90. The van der Waals surface area contributed by atoms with Crippen LogP contribution in [0.4, 0.5) is 0 Å². The first-order valence-corrected chi connectivity index (χ1v) is 7.69. The number of ether oxygens (including phenoxy) is 2. The number of methoxy groups -OCH3 is 1. The predicted octanol–water partition coefficient (Wildman–Crippen LogP) is 4.41. The van der Waals surface area contributed by atoms with Crippen LogP contribution >= 0.6 is 22.6 Å². The molecule has 0 aliphatic heterocycles. The summed E-state index contributed by atoms with van der Waals surface area (Å²) in [5.41, 5.74) is 0.520. The average Bonchev–Trinajstić information content (AvgIpc) is 2.45. The minimum absolute atomic E-state index is 0.315. The first-order valence-electron chi connectivity index (χ1n) is 6.61. The zero-order chi connectivity index (χ0) is 14.5. The molecule has 0 aliphatic carbocycles. The molecule has 0 spiro atoms. The first kappa shape index (κ1) is 15.1. The van der Waals surface area contributed by atoms with E-state index >= 15 is 0 Å². The van der Waals surface area contributed by atoms with E-state index in [0.717, 1.165) is 27.2 Å². The zero-order valence-corrected chi connectivity index (χ0v) is 13.8. The molecule has 106 valence electrons. The number of benzene rings is 2. The SMILES string of the molecule is CCCCOC(=O)c1c(OC)c(I)cc2ccccc12. The van der Waals surface area contributed by atoms with Crippen LogP contribution in [-0.4, -0.2) is 19.7 Å². The van der Waals surface area contributed by atoms with E-state index in [-0.39, 0.29) is 5.97 Å². The Balaban J connectivity index is 2.50. The predicted molar refractivity (Wildman–Crippen MR) is 88.4 cm³/mol. The van der Waals surface area contributed by atoms with Crippen LogP contribution in [0.25, 0.3) is 10.8 Å². The third-order valence-electron chi connectivity index (χ3n) is 3.10. The average molecular weight is 384 g/mol. The molecule has 4 heteroatoms. The van der Waals surface area contributed by atoms with E-state index in [1.807, 2.05) is 30.3 Å². The molecule has 0 aliphatic rings. The van der Waals surface area contributed by atoms with Gasteiger partial charge in [-0.2, -0.15) is 0 Å². The smallest absolute Gasteiger partial charge is 0.342 e. The van der Waals surface area contributed by atoms with Crippen LogP contribution < -0.4 is 4.74 Å². The Morgan fingerprint density at radius 3 is 2.75 bits per heavy atom. The highest BCUT2D eigenvalue weighted by Crippen LogP contribution is 2.33. The van der Waals surface area contributed by atoms with Gasteiger partial charge in [-0.1, -0.05) is 37.6 Å². The van der Waals surface area contributed by atoms with Gasteiger partial charge in [0.05, 0.1) is 17.3 Å². The number of rotatable bonds is 5. The molecule has 3 nitrogen and oxygen atoms in total. The van der Waals surface area contributed by atoms with E-state index in [9.17, 15) is 4.79 Å². The summed E-state index contributed by atoms with van der Waals surface area (Å²) in [6, 6.07) is 9.79. The van der Waals surface area contributed by atoms with Crippen LogP contribution in [0.3, 0.4) is 0 Å². The summed E-state index contributed by atoms with van der Waals surface area (Å²) in [7, 11) is 1.58. The summed E-state index contributed by atoms with van der Waals surface area (Å²) in [6.45, 7) is 2.51. The van der Waals surface area contributed by atoms with Gasteiger partial charge in [-0.25, -0.2) is 4.79 Å². The molecule has 0 saturated heterocycles. The number of carbonyl (C=O) groups is 1. The van der Waals surface area contributed by atoms with Crippen molar-refractivity contribution in [2.75, 3.05) is 13.7 Å². The molecule has 2 aromatic carbocycles. The molecule has 0 heterocycles. The summed E-state index contributed by atoms with van der Waals surface area (Å²) in [6.07, 6.45) is 1.87. The maximum atomic E-state index is 12.4. The maximum Gasteiger partial charge on any atom is 0.342 e. The number of unbranched alkanes of at least 4 members (excludes halogenated alkanes) is 1. The molecule has 0 saturated carbocycles. The summed E-state index contributed by atoms with van der Waals surface area (Å²) in [5, 5.41) is 1.88. The number of halogens is 1. The summed E-state index contributed by atoms with van der Waals surface area (Å²) in [5.74, 6) is 0.274. The van der Waals surface area contributed by atoms with Gasteiger partial charge in [0.25, 0.3) is 0 Å². The normalized spacial score (nSPS) is 10.6. The molecule has 0 N–H and O–H groups in total. The standard InChI is InChI=1S/C16H17IO3/c1-3-4-9-20-16(18)14-12-8-6-5-7-11(12)10-13(17)15(14)19-2/h5-8,10H,3-4,9H2,1-2H3. The van der Waals surface area contributed by atoms with Gasteiger partial charge in [-0.15, -0.1) is 0 Å². The van der Waals surface area contributed by atoms with E-state index in [1.165, 1.54) is 0 Å². The Bertz CT molecular complexity index is 622. The van der Waals surface area contributed by atoms with Crippen LogP contribution in [0.5, 0.6) is 5.75 Å². The van der Waals surface area contributed by atoms with Crippen LogP contribution in [0.1, 0.15) is 30.1 Å². The topological polar surface area (TPSA) is 35.5 Å². The molecule has 2 aromatic rings. The van der Waals surface area contributed by atoms with Crippen molar-refractivity contribution in [3.63, 3.8) is 0 Å². The minimum atomic E-state index is -0.315. The fraction of sp³-hybridized carbons (Fsp3) is 0.312. The number of carbonyl (C=O) groups excluding carboxylic acids is 1. The Kier molecular flexibility index (Phi) is 5.23. The van der Waals surface area contributed by atoms with Gasteiger partial charge in [-0.05, 0) is 40.5 Å². The van der Waals surface area contributed by atoms with Crippen molar-refractivity contribution in [1.29, 1.82) is 0 Å². The fourth-order valence-electron chi connectivity index (χ4n) is 2.08. The van der Waals surface area contributed by atoms with E-state index in [2.05, 4.69) is 29.5 Å². The molecule has 0 bridgehead atoms. The van der Waals surface area contributed by atoms with E-state index in [1.54, 1.807) is 7.11 Å². The molecule has 0 amide bonds. The van der Waals surface area contributed by atoms with Gasteiger partial charge in [0.15, 0.2) is 0 Å². The second-order valence-corrected chi connectivity index (χ2v) is 5.64. The lowest BCUT2D eigenvalue weighted by atomic mass is 10.0. The minimum Gasteiger partial charge on any atom is -0.495 e. The van der Waals surface area contributed by atoms with Gasteiger partial charge >= 0.3 is 5.97 Å². The summed E-state index contributed by atoms with van der Waals surface area (Å²) >= 11 is 2.18. The third-order valence-corrected chi connectivity index (χ3v) is 3.90. The highest BCUT2D eigenvalue weighted by molar-refractivity contribution is 14.1. The van der Waals surface area contributed by atoms with Gasteiger partial charge < -0.3 is 9.47 Å². The molecule has 0 fully saturated rings. The van der Waals surface area contributed by atoms with Crippen LogP contribution in [-0.2, 0) is 4.74 Å². The number of hydrogen-bond acceptors (Lipinski definition) is 3. The van der Waals surface area contributed by atoms with Gasteiger partial charge in [-0.3, -0.25) is 0 Å². The highest BCUT2D eigenvalue weighted by atomic mass is 127. The van der Waals surface area contributed by atoms with Crippen molar-refractivity contribution in [3.8, 4) is 5.75 Å². The zero-order valence-electron chi connectivity index (χ0n) is 11.6. The van der Waals surface area contributed by atoms with E-state index < -0.39 is 0 Å². The molecule has 20 heavy (non-hydrogen) atoms. The Morgan fingerprint density at radius 1 is 1.30 bits per heavy atom. The molecule has 2 rings (SSSR count). The van der Waals surface area contributed by atoms with Crippen LogP contribution in [0, 0.1) is 3.57 Å². The largest absolute Gasteiger partial charge is 0.495 e. The lowest BCUT2D eigenvalue weighted by Gasteiger charge is -2.13. The van der Waals surface area contributed by atoms with Crippen molar-refractivity contribution in [2.45, 2.75) is 19.8 Å². The van der Waals surface area contributed by atoms with E-state index in [0.29, 0.717) is 17.9 Å². The van der Waals surface area contributed by atoms with Crippen molar-refractivity contribution in [1.82, 2.24) is 0 Å². The second kappa shape index (κ2) is 6.92. The lowest BCUT2D eigenvalue weighted by Crippen LogP contribution is -2.10. The van der Waals surface area contributed by atoms with Crippen LogP contribution in [0.15, 0.2) is 30.3 Å². The number of hydrogen-bond donors (Lipinski definition) is 0. The molecular formula is C16H17IO3. The first-order chi connectivity index (χ1) is 9.69. The third kappa shape index (κ3) is 3.06. The maximum absolute atomic E-state index is 12.4. The van der Waals surface area contributed by atoms with Crippen molar-refractivity contribution in [3.05, 3.63) is 39.5 Å². The lowest BCUT2D eigenvalue weighted by molar-refractivity contribution is 0.0498. The number of esters is 1. The van der Waals surface area contributed by atoms with Gasteiger partial charge in [0.2, 0.25) is 0 Å². The monoisotopic (exact) mass is 384 g/mol. The van der Waals surface area contributed by atoms with Crippen LogP contribution in [0.2, 0.25) is 0 Å². The second-order valence-electron chi connectivity index (χ2n) is 4.48. The highest BCUT2D eigenvalue weighted by Gasteiger charge is 2.20.